The van der Waals surface area contributed by atoms with E-state index < -0.39 is 0 Å². The van der Waals surface area contributed by atoms with Crippen molar-refractivity contribution < 1.29 is 0 Å². The number of rotatable bonds is 2. The molecule has 0 N–H and O–H groups in total. The Labute approximate surface area is 76.5 Å². The molecule has 0 spiro atoms. The van der Waals surface area contributed by atoms with Gasteiger partial charge in [-0.1, -0.05) is 13.3 Å². The monoisotopic (exact) mass is 170 g/mol. The van der Waals surface area contributed by atoms with Crippen LogP contribution >= 0.6 is 0 Å². The maximum atomic E-state index is 2.42. The van der Waals surface area contributed by atoms with E-state index in [1.807, 2.05) is 0 Å². The summed E-state index contributed by atoms with van der Waals surface area (Å²) in [5, 5.41) is 4.76. The molecule has 0 radical (unpaired) electrons. The molecule has 1 heterocycles. The molecule has 0 aromatic carbocycles. The summed E-state index contributed by atoms with van der Waals surface area (Å²) < 4.78 is 0. The third kappa shape index (κ3) is 1.80. The molecule has 1 atom stereocenters. The molecule has 72 valence electrons. The second-order valence-corrected chi connectivity index (χ2v) is 4.26. The third-order valence-corrected chi connectivity index (χ3v) is 3.28. The average molecular weight is 170 g/mol. The Morgan fingerprint density at radius 1 is 1.33 bits per heavy atom. The van der Waals surface area contributed by atoms with Crippen LogP contribution < -0.4 is 0 Å². The molecule has 0 amide bonds. The van der Waals surface area contributed by atoms with E-state index in [9.17, 15) is 0 Å². The zero-order valence-electron chi connectivity index (χ0n) is 8.93. The van der Waals surface area contributed by atoms with Crippen LogP contribution in [0.2, 0.25) is 0 Å². The van der Waals surface area contributed by atoms with Crippen molar-refractivity contribution in [2.75, 3.05) is 20.6 Å². The van der Waals surface area contributed by atoms with E-state index in [4.69, 9.17) is 0 Å². The van der Waals surface area contributed by atoms with Crippen LogP contribution in [0.4, 0.5) is 0 Å². The minimum atomic E-state index is 0.418. The highest BCUT2D eigenvalue weighted by atomic mass is 15.6. The summed E-state index contributed by atoms with van der Waals surface area (Å²) in [7, 11) is 4.40. The maximum absolute atomic E-state index is 2.42. The van der Waals surface area contributed by atoms with Crippen LogP contribution in [0.15, 0.2) is 0 Å². The van der Waals surface area contributed by atoms with Gasteiger partial charge in [-0.05, 0) is 26.2 Å². The summed E-state index contributed by atoms with van der Waals surface area (Å²) in [4.78, 5) is 0. The van der Waals surface area contributed by atoms with E-state index in [0.29, 0.717) is 5.54 Å². The van der Waals surface area contributed by atoms with Gasteiger partial charge in [0, 0.05) is 26.2 Å². The number of hydrogen-bond acceptors (Lipinski definition) is 2. The molecule has 0 saturated carbocycles. The predicted octanol–water partition coefficient (Wildman–Crippen LogP) is 2.12. The summed E-state index contributed by atoms with van der Waals surface area (Å²) in [6, 6.07) is 0. The van der Waals surface area contributed by atoms with E-state index in [0.717, 1.165) is 0 Å². The van der Waals surface area contributed by atoms with Crippen molar-refractivity contribution in [2.24, 2.45) is 0 Å². The Kier molecular flexibility index (Phi) is 3.13. The first-order valence-electron chi connectivity index (χ1n) is 5.05. The topological polar surface area (TPSA) is 6.48 Å². The summed E-state index contributed by atoms with van der Waals surface area (Å²) in [6.07, 6.45) is 5.29. The summed E-state index contributed by atoms with van der Waals surface area (Å²) in [5.74, 6) is 0. The molecule has 1 fully saturated rings. The second kappa shape index (κ2) is 3.75. The number of hydrogen-bond donors (Lipinski definition) is 0. The lowest BCUT2D eigenvalue weighted by Gasteiger charge is -2.48. The van der Waals surface area contributed by atoms with Crippen LogP contribution in [0.25, 0.3) is 0 Å². The molecule has 1 saturated heterocycles. The lowest BCUT2D eigenvalue weighted by atomic mass is 9.88. The van der Waals surface area contributed by atoms with Crippen molar-refractivity contribution in [1.29, 1.82) is 0 Å². The summed E-state index contributed by atoms with van der Waals surface area (Å²) >= 11 is 0. The van der Waals surface area contributed by atoms with Crippen molar-refractivity contribution in [3.8, 4) is 0 Å². The summed E-state index contributed by atoms with van der Waals surface area (Å²) in [6.45, 7) is 5.87. The normalized spacial score (nSPS) is 34.0. The van der Waals surface area contributed by atoms with E-state index in [2.05, 4.69) is 38.0 Å². The van der Waals surface area contributed by atoms with Gasteiger partial charge < -0.3 is 0 Å². The van der Waals surface area contributed by atoms with Crippen molar-refractivity contribution in [3.05, 3.63) is 0 Å². The SMILES string of the molecule is CCCC1(C)CCCN(C)N1C. The molecule has 2 nitrogen and oxygen atoms in total. The molecule has 1 aliphatic rings. The molecule has 1 unspecified atom stereocenters. The number of hydrazine groups is 1. The first kappa shape index (κ1) is 10.0. The summed E-state index contributed by atoms with van der Waals surface area (Å²) in [5.41, 5.74) is 0.418. The molecule has 2 heteroatoms. The fourth-order valence-corrected chi connectivity index (χ4v) is 2.24. The molecule has 1 rings (SSSR count). The van der Waals surface area contributed by atoms with Gasteiger partial charge in [0.15, 0.2) is 0 Å². The zero-order chi connectivity index (χ0) is 9.19. The lowest BCUT2D eigenvalue weighted by molar-refractivity contribution is -0.101. The van der Waals surface area contributed by atoms with Crippen molar-refractivity contribution >= 4 is 0 Å². The predicted molar refractivity (Wildman–Crippen MR) is 52.9 cm³/mol. The maximum Gasteiger partial charge on any atom is 0.0325 e. The highest BCUT2D eigenvalue weighted by Crippen LogP contribution is 2.30. The highest BCUT2D eigenvalue weighted by molar-refractivity contribution is 4.85. The zero-order valence-corrected chi connectivity index (χ0v) is 8.93. The van der Waals surface area contributed by atoms with Gasteiger partial charge in [-0.2, -0.15) is 0 Å². The fourth-order valence-electron chi connectivity index (χ4n) is 2.24. The Bertz CT molecular complexity index is 143. The van der Waals surface area contributed by atoms with Crippen LogP contribution in [-0.4, -0.2) is 36.2 Å². The van der Waals surface area contributed by atoms with Gasteiger partial charge in [0.25, 0.3) is 0 Å². The van der Waals surface area contributed by atoms with Crippen LogP contribution in [0.5, 0.6) is 0 Å². The Balaban J connectivity index is 2.60. The van der Waals surface area contributed by atoms with Crippen LogP contribution in [0.1, 0.15) is 39.5 Å². The molecule has 0 aliphatic carbocycles. The van der Waals surface area contributed by atoms with E-state index >= 15 is 0 Å². The molecular formula is C10H22N2. The van der Waals surface area contributed by atoms with Gasteiger partial charge in [0.05, 0.1) is 0 Å². The largest absolute Gasteiger partial charge is 0.245 e. The molecule has 1 aliphatic heterocycles. The Morgan fingerprint density at radius 3 is 2.58 bits per heavy atom. The third-order valence-electron chi connectivity index (χ3n) is 3.28. The Hall–Kier alpha value is -0.0800. The Morgan fingerprint density at radius 2 is 2.00 bits per heavy atom. The first-order chi connectivity index (χ1) is 5.60. The highest BCUT2D eigenvalue weighted by Gasteiger charge is 2.33. The van der Waals surface area contributed by atoms with Crippen molar-refractivity contribution in [3.63, 3.8) is 0 Å². The smallest absolute Gasteiger partial charge is 0.0325 e. The lowest BCUT2D eigenvalue weighted by Crippen LogP contribution is -2.55. The van der Waals surface area contributed by atoms with Gasteiger partial charge in [-0.3, -0.25) is 0 Å². The van der Waals surface area contributed by atoms with Crippen molar-refractivity contribution in [1.82, 2.24) is 10.0 Å². The fraction of sp³-hybridized carbons (Fsp3) is 1.00. The van der Waals surface area contributed by atoms with E-state index in [-0.39, 0.29) is 0 Å². The number of nitrogens with zero attached hydrogens (tertiary/aromatic N) is 2. The van der Waals surface area contributed by atoms with Gasteiger partial charge in [-0.25, -0.2) is 10.0 Å². The average Bonchev–Trinajstić information content (AvgIpc) is 2.01. The first-order valence-corrected chi connectivity index (χ1v) is 5.05. The quantitative estimate of drug-likeness (QED) is 0.626. The standard InChI is InChI=1S/C10H22N2/c1-5-7-10(2)8-6-9-11(3)12(10)4/h5-9H2,1-4H3. The van der Waals surface area contributed by atoms with Gasteiger partial charge in [0.2, 0.25) is 0 Å². The molecule has 0 aromatic rings. The van der Waals surface area contributed by atoms with Gasteiger partial charge >= 0.3 is 0 Å². The molecule has 0 bridgehead atoms. The minimum absolute atomic E-state index is 0.418. The van der Waals surface area contributed by atoms with E-state index in [1.54, 1.807) is 0 Å². The molecule has 0 aromatic heterocycles. The van der Waals surface area contributed by atoms with Crippen LogP contribution in [-0.2, 0) is 0 Å². The van der Waals surface area contributed by atoms with Crippen molar-refractivity contribution in [2.45, 2.75) is 45.1 Å². The second-order valence-electron chi connectivity index (χ2n) is 4.26. The van der Waals surface area contributed by atoms with E-state index in [1.165, 1.54) is 32.2 Å². The molecule has 12 heavy (non-hydrogen) atoms. The van der Waals surface area contributed by atoms with Crippen LogP contribution in [0, 0.1) is 0 Å². The van der Waals surface area contributed by atoms with Gasteiger partial charge in [0.1, 0.15) is 0 Å². The van der Waals surface area contributed by atoms with Gasteiger partial charge in [-0.15, -0.1) is 0 Å². The minimum Gasteiger partial charge on any atom is -0.245 e. The van der Waals surface area contributed by atoms with Crippen LogP contribution in [0.3, 0.4) is 0 Å². The molecular weight excluding hydrogens is 148 g/mol.